The Hall–Kier alpha value is -3.26. The first-order valence-electron chi connectivity index (χ1n) is 9.00. The Balaban J connectivity index is 1.58. The zero-order valence-corrected chi connectivity index (χ0v) is 17.0. The number of halogens is 1. The Morgan fingerprint density at radius 2 is 2.07 bits per heavy atom. The summed E-state index contributed by atoms with van der Waals surface area (Å²) in [5.74, 6) is 0.723. The topological polar surface area (TPSA) is 69.0 Å². The van der Waals surface area contributed by atoms with Crippen molar-refractivity contribution in [2.24, 2.45) is 0 Å². The van der Waals surface area contributed by atoms with Crippen molar-refractivity contribution in [1.82, 2.24) is 14.8 Å². The molecule has 4 rings (SSSR count). The third kappa shape index (κ3) is 3.84. The van der Waals surface area contributed by atoms with Gasteiger partial charge in [-0.3, -0.25) is 4.79 Å². The lowest BCUT2D eigenvalue weighted by Crippen LogP contribution is -2.17. The first kappa shape index (κ1) is 19.1. The summed E-state index contributed by atoms with van der Waals surface area (Å²) in [7, 11) is 1.62. The Bertz CT molecular complexity index is 1210. The van der Waals surface area contributed by atoms with E-state index in [1.165, 1.54) is 22.1 Å². The van der Waals surface area contributed by atoms with Crippen LogP contribution < -0.4 is 10.1 Å². The third-order valence-electron chi connectivity index (χ3n) is 4.46. The Labute approximate surface area is 171 Å². The van der Waals surface area contributed by atoms with Crippen molar-refractivity contribution < 1.29 is 13.9 Å². The number of carbonyl (C=O) groups excluding carboxylic acids is 1. The van der Waals surface area contributed by atoms with E-state index in [2.05, 4.69) is 15.4 Å². The van der Waals surface area contributed by atoms with Crippen molar-refractivity contribution >= 4 is 33.3 Å². The second kappa shape index (κ2) is 7.63. The molecular formula is C21H19FN4O2S. The van der Waals surface area contributed by atoms with E-state index >= 15 is 0 Å². The lowest BCUT2D eigenvalue weighted by molar-refractivity contribution is -0.115. The molecule has 4 aromatic rings. The fourth-order valence-electron chi connectivity index (χ4n) is 3.15. The van der Waals surface area contributed by atoms with E-state index in [0.29, 0.717) is 16.5 Å². The molecule has 1 amide bonds. The first-order valence-corrected chi connectivity index (χ1v) is 9.81. The second-order valence-corrected chi connectivity index (χ2v) is 7.70. The predicted molar refractivity (Wildman–Crippen MR) is 112 cm³/mol. The highest BCUT2D eigenvalue weighted by atomic mass is 32.1. The number of carbonyl (C=O) groups is 1. The normalized spacial score (nSPS) is 11.0. The molecule has 2 heterocycles. The summed E-state index contributed by atoms with van der Waals surface area (Å²) in [6, 6.07) is 12.2. The van der Waals surface area contributed by atoms with E-state index in [1.807, 2.05) is 32.0 Å². The lowest BCUT2D eigenvalue weighted by Gasteiger charge is -2.09. The van der Waals surface area contributed by atoms with E-state index in [9.17, 15) is 9.18 Å². The minimum absolute atomic E-state index is 0.178. The van der Waals surface area contributed by atoms with Crippen molar-refractivity contribution in [3.05, 3.63) is 65.1 Å². The number of nitrogens with one attached hydrogen (secondary N) is 1. The number of ether oxygens (including phenoxy) is 1. The number of amides is 1. The number of benzene rings is 2. The molecule has 1 N–H and O–H groups in total. The van der Waals surface area contributed by atoms with Crippen LogP contribution in [0, 0.1) is 19.7 Å². The van der Waals surface area contributed by atoms with Crippen molar-refractivity contribution in [1.29, 1.82) is 0 Å². The zero-order valence-electron chi connectivity index (χ0n) is 16.2. The van der Waals surface area contributed by atoms with Crippen LogP contribution in [-0.2, 0) is 11.2 Å². The van der Waals surface area contributed by atoms with Crippen LogP contribution in [0.3, 0.4) is 0 Å². The SMILES string of the molecule is COc1ccc(CC(=O)Nc2cc(C)nn2-c2nc3c(F)cccc3s2)cc1C. The van der Waals surface area contributed by atoms with Crippen LogP contribution in [0.15, 0.2) is 42.5 Å². The summed E-state index contributed by atoms with van der Waals surface area (Å²) in [5, 5.41) is 7.80. The van der Waals surface area contributed by atoms with Gasteiger partial charge < -0.3 is 10.1 Å². The van der Waals surface area contributed by atoms with Crippen LogP contribution >= 0.6 is 11.3 Å². The Kier molecular flexibility index (Phi) is 5.02. The zero-order chi connectivity index (χ0) is 20.5. The molecule has 2 aromatic carbocycles. The minimum Gasteiger partial charge on any atom is -0.496 e. The molecule has 0 saturated carbocycles. The smallest absolute Gasteiger partial charge is 0.229 e. The van der Waals surface area contributed by atoms with E-state index in [-0.39, 0.29) is 18.1 Å². The fourth-order valence-corrected chi connectivity index (χ4v) is 4.10. The van der Waals surface area contributed by atoms with Gasteiger partial charge in [0.05, 0.1) is 23.9 Å². The average Bonchev–Trinajstić information content (AvgIpc) is 3.26. The van der Waals surface area contributed by atoms with Crippen LogP contribution in [0.25, 0.3) is 15.3 Å². The summed E-state index contributed by atoms with van der Waals surface area (Å²) < 4.78 is 21.5. The van der Waals surface area contributed by atoms with Crippen LogP contribution in [0.2, 0.25) is 0 Å². The van der Waals surface area contributed by atoms with Gasteiger partial charge in [-0.2, -0.15) is 9.78 Å². The maximum absolute atomic E-state index is 14.0. The number of thiazole rings is 1. The molecule has 0 bridgehead atoms. The fraction of sp³-hybridized carbons (Fsp3) is 0.190. The standard InChI is InChI=1S/C21H19FN4O2S/c1-12-9-14(7-8-16(12)28-3)11-19(27)23-18-10-13(2)25-26(18)21-24-20-15(22)5-4-6-17(20)29-21/h4-10H,11H2,1-3H3,(H,23,27). The van der Waals surface area contributed by atoms with Crippen LogP contribution in [0.4, 0.5) is 10.2 Å². The number of aryl methyl sites for hydroxylation is 2. The maximum Gasteiger partial charge on any atom is 0.229 e. The number of fused-ring (bicyclic) bond motifs is 1. The van der Waals surface area contributed by atoms with Crippen LogP contribution in [0.5, 0.6) is 5.75 Å². The van der Waals surface area contributed by atoms with Crippen molar-refractivity contribution in [2.75, 3.05) is 12.4 Å². The molecule has 0 fully saturated rings. The highest BCUT2D eigenvalue weighted by Crippen LogP contribution is 2.28. The summed E-state index contributed by atoms with van der Waals surface area (Å²) in [4.78, 5) is 17.0. The predicted octanol–water partition coefficient (Wildman–Crippen LogP) is 4.43. The van der Waals surface area contributed by atoms with Crippen molar-refractivity contribution in [2.45, 2.75) is 20.3 Å². The summed E-state index contributed by atoms with van der Waals surface area (Å²) in [6.45, 7) is 3.76. The van der Waals surface area contributed by atoms with Gasteiger partial charge in [0.1, 0.15) is 22.9 Å². The molecule has 8 heteroatoms. The number of methoxy groups -OCH3 is 1. The highest BCUT2D eigenvalue weighted by Gasteiger charge is 2.16. The molecular weight excluding hydrogens is 391 g/mol. The number of para-hydroxylation sites is 1. The van der Waals surface area contributed by atoms with Gasteiger partial charge in [-0.15, -0.1) is 0 Å². The molecule has 0 saturated heterocycles. The molecule has 0 unspecified atom stereocenters. The minimum atomic E-state index is -0.380. The molecule has 0 aliphatic carbocycles. The monoisotopic (exact) mass is 410 g/mol. The number of hydrogen-bond donors (Lipinski definition) is 1. The summed E-state index contributed by atoms with van der Waals surface area (Å²) in [6.07, 6.45) is 0.212. The number of nitrogens with zero attached hydrogens (tertiary/aromatic N) is 3. The van der Waals surface area contributed by atoms with Gasteiger partial charge in [-0.25, -0.2) is 9.37 Å². The molecule has 0 atom stereocenters. The maximum atomic E-state index is 14.0. The Morgan fingerprint density at radius 1 is 1.24 bits per heavy atom. The van der Waals surface area contributed by atoms with E-state index in [1.54, 1.807) is 25.3 Å². The van der Waals surface area contributed by atoms with Gasteiger partial charge in [0.25, 0.3) is 0 Å². The van der Waals surface area contributed by atoms with Gasteiger partial charge >= 0.3 is 0 Å². The van der Waals surface area contributed by atoms with Gasteiger partial charge in [-0.1, -0.05) is 29.5 Å². The van der Waals surface area contributed by atoms with Gasteiger partial charge in [0, 0.05) is 6.07 Å². The van der Waals surface area contributed by atoms with Crippen molar-refractivity contribution in [3.8, 4) is 10.9 Å². The number of hydrogen-bond acceptors (Lipinski definition) is 5. The molecule has 0 aliphatic rings. The summed E-state index contributed by atoms with van der Waals surface area (Å²) >= 11 is 1.31. The van der Waals surface area contributed by atoms with Gasteiger partial charge in [0.15, 0.2) is 0 Å². The molecule has 0 radical (unpaired) electrons. The van der Waals surface area contributed by atoms with Gasteiger partial charge in [-0.05, 0) is 43.2 Å². The quantitative estimate of drug-likeness (QED) is 0.529. The number of aromatic nitrogens is 3. The lowest BCUT2D eigenvalue weighted by atomic mass is 10.1. The molecule has 148 valence electrons. The molecule has 6 nitrogen and oxygen atoms in total. The van der Waals surface area contributed by atoms with E-state index < -0.39 is 0 Å². The van der Waals surface area contributed by atoms with Gasteiger partial charge in [0.2, 0.25) is 11.0 Å². The highest BCUT2D eigenvalue weighted by molar-refractivity contribution is 7.20. The van der Waals surface area contributed by atoms with E-state index in [0.717, 1.165) is 27.3 Å². The molecule has 29 heavy (non-hydrogen) atoms. The van der Waals surface area contributed by atoms with Crippen LogP contribution in [0.1, 0.15) is 16.8 Å². The van der Waals surface area contributed by atoms with Crippen molar-refractivity contribution in [3.63, 3.8) is 0 Å². The Morgan fingerprint density at radius 3 is 2.79 bits per heavy atom. The first-order chi connectivity index (χ1) is 13.9. The summed E-state index contributed by atoms with van der Waals surface area (Å²) in [5.41, 5.74) is 2.87. The average molecular weight is 410 g/mol. The third-order valence-corrected chi connectivity index (χ3v) is 5.46. The largest absolute Gasteiger partial charge is 0.496 e. The number of anilines is 1. The molecule has 2 aromatic heterocycles. The molecule has 0 aliphatic heterocycles. The van der Waals surface area contributed by atoms with E-state index in [4.69, 9.17) is 4.74 Å². The van der Waals surface area contributed by atoms with Crippen LogP contribution in [-0.4, -0.2) is 27.8 Å². The number of rotatable bonds is 5. The molecule has 0 spiro atoms. The second-order valence-electron chi connectivity index (χ2n) is 6.69.